The van der Waals surface area contributed by atoms with E-state index in [1.165, 1.54) is 12.1 Å². The second-order valence-corrected chi connectivity index (χ2v) is 5.83. The first-order valence-corrected chi connectivity index (χ1v) is 8.40. The monoisotopic (exact) mass is 369 g/mol. The van der Waals surface area contributed by atoms with E-state index in [1.807, 2.05) is 13.1 Å². The predicted octanol–water partition coefficient (Wildman–Crippen LogP) is 3.50. The van der Waals surface area contributed by atoms with E-state index in [9.17, 15) is 9.18 Å². The number of halogens is 1. The lowest BCUT2D eigenvalue weighted by atomic mass is 10.1. The lowest BCUT2D eigenvalue weighted by Gasteiger charge is -2.14. The highest BCUT2D eigenvalue weighted by atomic mass is 19.1. The summed E-state index contributed by atoms with van der Waals surface area (Å²) in [5.74, 6) is -0.446. The Hall–Kier alpha value is -3.19. The molecule has 0 spiro atoms. The van der Waals surface area contributed by atoms with Gasteiger partial charge in [-0.15, -0.1) is 0 Å². The van der Waals surface area contributed by atoms with Gasteiger partial charge < -0.3 is 14.8 Å². The highest BCUT2D eigenvalue weighted by molar-refractivity contribution is 6.04. The Kier molecular flexibility index (Phi) is 5.83. The summed E-state index contributed by atoms with van der Waals surface area (Å²) in [6.07, 6.45) is 1.68. The number of ether oxygens (including phenoxy) is 2. The number of nitrogens with one attached hydrogen (secondary N) is 1. The molecule has 0 aliphatic rings. The summed E-state index contributed by atoms with van der Waals surface area (Å²) >= 11 is 0. The van der Waals surface area contributed by atoms with E-state index in [0.29, 0.717) is 24.7 Å². The second-order valence-electron chi connectivity index (χ2n) is 5.83. The van der Waals surface area contributed by atoms with E-state index in [1.54, 1.807) is 48.3 Å². The summed E-state index contributed by atoms with van der Waals surface area (Å²) in [5.41, 5.74) is 2.10. The maximum atomic E-state index is 13.8. The Morgan fingerprint density at radius 1 is 1.19 bits per heavy atom. The van der Waals surface area contributed by atoms with Gasteiger partial charge in [0.2, 0.25) is 0 Å². The van der Waals surface area contributed by atoms with Crippen LogP contribution in [0.5, 0.6) is 5.75 Å². The van der Waals surface area contributed by atoms with Gasteiger partial charge in [-0.05, 0) is 36.4 Å². The number of benzene rings is 2. The Labute approximate surface area is 156 Å². The molecule has 2 aromatic carbocycles. The van der Waals surface area contributed by atoms with Crippen LogP contribution >= 0.6 is 0 Å². The molecule has 1 heterocycles. The minimum Gasteiger partial charge on any atom is -0.490 e. The predicted molar refractivity (Wildman–Crippen MR) is 100 cm³/mol. The maximum Gasteiger partial charge on any atom is 0.258 e. The lowest BCUT2D eigenvalue weighted by Crippen LogP contribution is -2.14. The number of anilines is 1. The number of aryl methyl sites for hydroxylation is 1. The van der Waals surface area contributed by atoms with Crippen LogP contribution in [-0.2, 0) is 11.8 Å². The summed E-state index contributed by atoms with van der Waals surface area (Å²) in [6.45, 7) is 0.846. The van der Waals surface area contributed by atoms with Gasteiger partial charge in [-0.3, -0.25) is 9.48 Å². The number of rotatable bonds is 7. The van der Waals surface area contributed by atoms with Gasteiger partial charge in [0.25, 0.3) is 5.91 Å². The zero-order valence-electron chi connectivity index (χ0n) is 15.1. The van der Waals surface area contributed by atoms with Gasteiger partial charge in [-0.1, -0.05) is 12.1 Å². The van der Waals surface area contributed by atoms with Crippen LogP contribution in [0.3, 0.4) is 0 Å². The Morgan fingerprint density at radius 3 is 2.70 bits per heavy atom. The Bertz CT molecular complexity index is 940. The molecule has 7 heteroatoms. The van der Waals surface area contributed by atoms with Crippen LogP contribution in [0.4, 0.5) is 10.1 Å². The molecule has 3 rings (SSSR count). The van der Waals surface area contributed by atoms with Crippen molar-refractivity contribution < 1.29 is 18.7 Å². The van der Waals surface area contributed by atoms with Gasteiger partial charge in [0.15, 0.2) is 0 Å². The highest BCUT2D eigenvalue weighted by Gasteiger charge is 2.15. The molecule has 3 aromatic rings. The fourth-order valence-electron chi connectivity index (χ4n) is 2.65. The first-order chi connectivity index (χ1) is 13.1. The number of nitrogens with zero attached hydrogens (tertiary/aromatic N) is 2. The average Bonchev–Trinajstić information content (AvgIpc) is 3.09. The summed E-state index contributed by atoms with van der Waals surface area (Å²) in [7, 11) is 3.42. The Morgan fingerprint density at radius 2 is 2.00 bits per heavy atom. The van der Waals surface area contributed by atoms with Crippen molar-refractivity contribution in [2.24, 2.45) is 7.05 Å². The van der Waals surface area contributed by atoms with E-state index >= 15 is 0 Å². The quantitative estimate of drug-likeness (QED) is 0.648. The molecule has 27 heavy (non-hydrogen) atoms. The van der Waals surface area contributed by atoms with E-state index in [2.05, 4.69) is 10.4 Å². The van der Waals surface area contributed by atoms with Gasteiger partial charge in [0.05, 0.1) is 17.9 Å². The molecule has 140 valence electrons. The van der Waals surface area contributed by atoms with Gasteiger partial charge in [-0.25, -0.2) is 4.39 Å². The highest BCUT2D eigenvalue weighted by Crippen LogP contribution is 2.32. The van der Waals surface area contributed by atoms with Crippen LogP contribution in [0, 0.1) is 5.82 Å². The third-order valence-corrected chi connectivity index (χ3v) is 4.00. The molecular formula is C20H20FN3O3. The molecule has 0 unspecified atom stereocenters. The van der Waals surface area contributed by atoms with Crippen LogP contribution in [0.1, 0.15) is 10.4 Å². The molecule has 1 amide bonds. The largest absolute Gasteiger partial charge is 0.490 e. The van der Waals surface area contributed by atoms with Crippen molar-refractivity contribution in [1.29, 1.82) is 0 Å². The SMILES string of the molecule is COCCOc1ccc(NC(=O)c2ccccc2F)cc1-c1ccnn1C. The molecule has 0 fully saturated rings. The van der Waals surface area contributed by atoms with Crippen LogP contribution in [0.2, 0.25) is 0 Å². The molecule has 1 aromatic heterocycles. The molecule has 0 saturated heterocycles. The van der Waals surface area contributed by atoms with Crippen molar-refractivity contribution in [1.82, 2.24) is 9.78 Å². The summed E-state index contributed by atoms with van der Waals surface area (Å²) in [4.78, 5) is 12.4. The van der Waals surface area contributed by atoms with E-state index in [-0.39, 0.29) is 5.56 Å². The van der Waals surface area contributed by atoms with Crippen LogP contribution in [0.15, 0.2) is 54.7 Å². The lowest BCUT2D eigenvalue weighted by molar-refractivity contribution is 0.102. The average molecular weight is 369 g/mol. The van der Waals surface area contributed by atoms with E-state index in [0.717, 1.165) is 11.3 Å². The number of hydrogen-bond acceptors (Lipinski definition) is 4. The first-order valence-electron chi connectivity index (χ1n) is 8.40. The van der Waals surface area contributed by atoms with E-state index in [4.69, 9.17) is 9.47 Å². The van der Waals surface area contributed by atoms with Gasteiger partial charge in [0.1, 0.15) is 18.2 Å². The topological polar surface area (TPSA) is 65.4 Å². The number of amides is 1. The van der Waals surface area contributed by atoms with Gasteiger partial charge in [-0.2, -0.15) is 5.10 Å². The number of hydrogen-bond donors (Lipinski definition) is 1. The molecule has 0 aliphatic heterocycles. The van der Waals surface area contributed by atoms with Crippen LogP contribution < -0.4 is 10.1 Å². The van der Waals surface area contributed by atoms with Crippen molar-refractivity contribution in [3.05, 3.63) is 66.1 Å². The molecule has 0 saturated carbocycles. The van der Waals surface area contributed by atoms with Crippen molar-refractivity contribution >= 4 is 11.6 Å². The molecule has 0 atom stereocenters. The molecule has 0 radical (unpaired) electrons. The van der Waals surface area contributed by atoms with Crippen molar-refractivity contribution in [2.45, 2.75) is 0 Å². The zero-order chi connectivity index (χ0) is 19.2. The summed E-state index contributed by atoms with van der Waals surface area (Å²) in [5, 5.41) is 6.91. The van der Waals surface area contributed by atoms with Crippen LogP contribution in [-0.4, -0.2) is 36.0 Å². The molecule has 0 aliphatic carbocycles. The first kappa shape index (κ1) is 18.6. The van der Waals surface area contributed by atoms with Crippen LogP contribution in [0.25, 0.3) is 11.3 Å². The molecule has 0 bridgehead atoms. The van der Waals surface area contributed by atoms with Gasteiger partial charge in [0, 0.05) is 31.6 Å². The zero-order valence-corrected chi connectivity index (χ0v) is 15.1. The van der Waals surface area contributed by atoms with Crippen molar-refractivity contribution in [3.63, 3.8) is 0 Å². The summed E-state index contributed by atoms with van der Waals surface area (Å²) in [6, 6.07) is 12.9. The number of methoxy groups -OCH3 is 1. The third kappa shape index (κ3) is 4.32. The minimum absolute atomic E-state index is 0.0139. The van der Waals surface area contributed by atoms with E-state index < -0.39 is 11.7 Å². The Balaban J connectivity index is 1.90. The fourth-order valence-corrected chi connectivity index (χ4v) is 2.65. The van der Waals surface area contributed by atoms with Crippen molar-refractivity contribution in [3.8, 4) is 17.0 Å². The maximum absolute atomic E-state index is 13.8. The van der Waals surface area contributed by atoms with Gasteiger partial charge >= 0.3 is 0 Å². The third-order valence-electron chi connectivity index (χ3n) is 4.00. The van der Waals surface area contributed by atoms with Crippen molar-refractivity contribution in [2.75, 3.05) is 25.6 Å². The minimum atomic E-state index is -0.568. The number of carbonyl (C=O) groups excluding carboxylic acids is 1. The molecule has 6 nitrogen and oxygen atoms in total. The number of carbonyl (C=O) groups is 1. The standard InChI is InChI=1S/C20H20FN3O3/c1-24-18(9-10-22-24)16-13-14(7-8-19(16)27-12-11-26-2)23-20(25)15-5-3-4-6-17(15)21/h3-10,13H,11-12H2,1-2H3,(H,23,25). The fraction of sp³-hybridized carbons (Fsp3) is 0.200. The molecular weight excluding hydrogens is 349 g/mol. The smallest absolute Gasteiger partial charge is 0.258 e. The summed E-state index contributed by atoms with van der Waals surface area (Å²) < 4.78 is 26.3. The molecule has 1 N–H and O–H groups in total. The number of aromatic nitrogens is 2. The second kappa shape index (κ2) is 8.46. The normalized spacial score (nSPS) is 10.6.